The van der Waals surface area contributed by atoms with Crippen LogP contribution in [0.3, 0.4) is 0 Å². The first kappa shape index (κ1) is 12.8. The highest BCUT2D eigenvalue weighted by Gasteiger charge is 2.20. The van der Waals surface area contributed by atoms with Gasteiger partial charge in [-0.2, -0.15) is 0 Å². The van der Waals surface area contributed by atoms with E-state index < -0.39 is 0 Å². The number of rotatable bonds is 5. The molecule has 5 nitrogen and oxygen atoms in total. The number of carbonyl (C=O) groups excluding carboxylic acids is 1. The van der Waals surface area contributed by atoms with E-state index in [1.165, 1.54) is 12.8 Å². The second-order valence-electron chi connectivity index (χ2n) is 4.38. The smallest absolute Gasteiger partial charge is 0.318 e. The number of hydrogen-bond donors (Lipinski definition) is 3. The number of carbonyl (C=O) groups is 1. The molecule has 0 atom stereocenters. The monoisotopic (exact) mass is 226 g/mol. The summed E-state index contributed by atoms with van der Waals surface area (Å²) in [6.45, 7) is 2.89. The van der Waals surface area contributed by atoms with Crippen LogP contribution in [0.4, 0.5) is 4.79 Å². The van der Waals surface area contributed by atoms with Crippen molar-refractivity contribution >= 4 is 11.9 Å². The van der Waals surface area contributed by atoms with Crippen LogP contribution in [0.5, 0.6) is 0 Å². The molecule has 0 radical (unpaired) electrons. The van der Waals surface area contributed by atoms with Crippen LogP contribution in [-0.2, 0) is 0 Å². The van der Waals surface area contributed by atoms with Crippen molar-refractivity contribution in [2.75, 3.05) is 13.1 Å². The summed E-state index contributed by atoms with van der Waals surface area (Å²) in [5.41, 5.74) is 5.33. The van der Waals surface area contributed by atoms with Crippen LogP contribution in [0.15, 0.2) is 0 Å². The molecule has 1 saturated carbocycles. The maximum atomic E-state index is 11.9. The average Bonchev–Trinajstić information content (AvgIpc) is 2.69. The van der Waals surface area contributed by atoms with Gasteiger partial charge >= 0.3 is 6.03 Å². The standard InChI is InChI=1S/C11H22N4O/c1-2-7-15(8-10(12)13)11(16)14-9-5-3-4-6-9/h9H,2-8H2,1H3,(H3,12,13)(H,14,16). The van der Waals surface area contributed by atoms with Crippen LogP contribution in [-0.4, -0.2) is 35.9 Å². The van der Waals surface area contributed by atoms with E-state index in [2.05, 4.69) is 5.32 Å². The van der Waals surface area contributed by atoms with Crippen LogP contribution in [0.25, 0.3) is 0 Å². The van der Waals surface area contributed by atoms with Crippen LogP contribution in [0.1, 0.15) is 39.0 Å². The fourth-order valence-corrected chi connectivity index (χ4v) is 2.06. The quantitative estimate of drug-likeness (QED) is 0.487. The third-order valence-corrected chi connectivity index (χ3v) is 2.82. The number of nitrogens with zero attached hydrogens (tertiary/aromatic N) is 1. The van der Waals surface area contributed by atoms with E-state index in [-0.39, 0.29) is 18.4 Å². The molecule has 0 saturated heterocycles. The lowest BCUT2D eigenvalue weighted by Crippen LogP contribution is -2.47. The molecule has 0 aromatic heterocycles. The maximum Gasteiger partial charge on any atom is 0.318 e. The summed E-state index contributed by atoms with van der Waals surface area (Å²) < 4.78 is 0. The molecule has 2 amide bonds. The molecule has 1 aliphatic carbocycles. The van der Waals surface area contributed by atoms with E-state index in [9.17, 15) is 4.79 Å². The molecule has 92 valence electrons. The number of hydrogen-bond acceptors (Lipinski definition) is 2. The molecule has 1 fully saturated rings. The van der Waals surface area contributed by atoms with Gasteiger partial charge in [-0.25, -0.2) is 4.79 Å². The summed E-state index contributed by atoms with van der Waals surface area (Å²) >= 11 is 0. The molecule has 0 aliphatic heterocycles. The highest BCUT2D eigenvalue weighted by atomic mass is 16.2. The molecule has 0 aromatic rings. The van der Waals surface area contributed by atoms with Crippen molar-refractivity contribution < 1.29 is 4.79 Å². The van der Waals surface area contributed by atoms with Gasteiger partial charge in [0, 0.05) is 12.6 Å². The third kappa shape index (κ3) is 4.08. The van der Waals surface area contributed by atoms with E-state index in [1.807, 2.05) is 6.92 Å². The van der Waals surface area contributed by atoms with Crippen molar-refractivity contribution in [1.82, 2.24) is 10.2 Å². The molecular formula is C11H22N4O. The summed E-state index contributed by atoms with van der Waals surface area (Å²) in [5, 5.41) is 10.2. The molecule has 1 rings (SSSR count). The zero-order valence-corrected chi connectivity index (χ0v) is 9.96. The van der Waals surface area contributed by atoms with Crippen molar-refractivity contribution in [3.63, 3.8) is 0 Å². The van der Waals surface area contributed by atoms with Crippen LogP contribution < -0.4 is 11.1 Å². The van der Waals surface area contributed by atoms with Crippen LogP contribution in [0, 0.1) is 5.41 Å². The van der Waals surface area contributed by atoms with Gasteiger partial charge < -0.3 is 16.0 Å². The average molecular weight is 226 g/mol. The predicted octanol–water partition coefficient (Wildman–Crippen LogP) is 1.29. The zero-order chi connectivity index (χ0) is 12.0. The Morgan fingerprint density at radius 1 is 1.50 bits per heavy atom. The molecule has 4 N–H and O–H groups in total. The second-order valence-corrected chi connectivity index (χ2v) is 4.38. The fourth-order valence-electron chi connectivity index (χ4n) is 2.06. The van der Waals surface area contributed by atoms with Gasteiger partial charge in [0.25, 0.3) is 0 Å². The van der Waals surface area contributed by atoms with Gasteiger partial charge in [-0.05, 0) is 19.3 Å². The van der Waals surface area contributed by atoms with Crippen molar-refractivity contribution in [1.29, 1.82) is 5.41 Å². The maximum absolute atomic E-state index is 11.9. The van der Waals surface area contributed by atoms with Gasteiger partial charge in [-0.3, -0.25) is 5.41 Å². The Hall–Kier alpha value is -1.26. The first-order valence-electron chi connectivity index (χ1n) is 6.01. The highest BCUT2D eigenvalue weighted by molar-refractivity contribution is 5.84. The Labute approximate surface area is 96.9 Å². The van der Waals surface area contributed by atoms with Gasteiger partial charge in [0.05, 0.1) is 6.54 Å². The summed E-state index contributed by atoms with van der Waals surface area (Å²) in [6.07, 6.45) is 5.43. The Morgan fingerprint density at radius 2 is 2.12 bits per heavy atom. The van der Waals surface area contributed by atoms with Crippen molar-refractivity contribution in [2.45, 2.75) is 45.1 Å². The van der Waals surface area contributed by atoms with Crippen molar-refractivity contribution in [3.8, 4) is 0 Å². The lowest BCUT2D eigenvalue weighted by molar-refractivity contribution is 0.200. The number of nitrogens with two attached hydrogens (primary N) is 1. The topological polar surface area (TPSA) is 82.2 Å². The lowest BCUT2D eigenvalue weighted by Gasteiger charge is -2.24. The largest absolute Gasteiger partial charge is 0.386 e. The number of amidine groups is 1. The SMILES string of the molecule is CCCN(CC(=N)N)C(=O)NC1CCCC1. The molecule has 5 heteroatoms. The Kier molecular flexibility index (Phi) is 5.08. The summed E-state index contributed by atoms with van der Waals surface area (Å²) in [4.78, 5) is 13.5. The first-order valence-corrected chi connectivity index (χ1v) is 6.01. The number of urea groups is 1. The molecule has 16 heavy (non-hydrogen) atoms. The predicted molar refractivity (Wildman–Crippen MR) is 64.6 cm³/mol. The normalized spacial score (nSPS) is 16.1. The molecule has 0 heterocycles. The van der Waals surface area contributed by atoms with Gasteiger partial charge in [0.15, 0.2) is 0 Å². The minimum Gasteiger partial charge on any atom is -0.386 e. The lowest BCUT2D eigenvalue weighted by atomic mass is 10.2. The van der Waals surface area contributed by atoms with Crippen molar-refractivity contribution in [3.05, 3.63) is 0 Å². The van der Waals surface area contributed by atoms with E-state index in [4.69, 9.17) is 11.1 Å². The Balaban J connectivity index is 2.42. The number of nitrogens with one attached hydrogen (secondary N) is 2. The second kappa shape index (κ2) is 6.35. The van der Waals surface area contributed by atoms with Gasteiger partial charge in [0.1, 0.15) is 5.84 Å². The minimum atomic E-state index is -0.0797. The highest BCUT2D eigenvalue weighted by Crippen LogP contribution is 2.17. The summed E-state index contributed by atoms with van der Waals surface area (Å²) in [5.74, 6) is 0.0371. The van der Waals surface area contributed by atoms with E-state index in [0.717, 1.165) is 19.3 Å². The van der Waals surface area contributed by atoms with Gasteiger partial charge in [-0.1, -0.05) is 19.8 Å². The van der Waals surface area contributed by atoms with E-state index in [0.29, 0.717) is 12.6 Å². The molecular weight excluding hydrogens is 204 g/mol. The molecule has 0 unspecified atom stereocenters. The third-order valence-electron chi connectivity index (χ3n) is 2.82. The molecule has 1 aliphatic rings. The van der Waals surface area contributed by atoms with Crippen molar-refractivity contribution in [2.24, 2.45) is 5.73 Å². The molecule has 0 bridgehead atoms. The molecule has 0 spiro atoms. The Morgan fingerprint density at radius 3 is 2.62 bits per heavy atom. The van der Waals surface area contributed by atoms with E-state index >= 15 is 0 Å². The van der Waals surface area contributed by atoms with Crippen LogP contribution in [0.2, 0.25) is 0 Å². The zero-order valence-electron chi connectivity index (χ0n) is 9.96. The fraction of sp³-hybridized carbons (Fsp3) is 0.818. The van der Waals surface area contributed by atoms with Gasteiger partial charge in [-0.15, -0.1) is 0 Å². The van der Waals surface area contributed by atoms with Crippen LogP contribution >= 0.6 is 0 Å². The minimum absolute atomic E-state index is 0.0371. The first-order chi connectivity index (χ1) is 7.63. The Bertz CT molecular complexity index is 248. The summed E-state index contributed by atoms with van der Waals surface area (Å²) in [7, 11) is 0. The number of amides is 2. The van der Waals surface area contributed by atoms with Gasteiger partial charge in [0.2, 0.25) is 0 Å². The van der Waals surface area contributed by atoms with E-state index in [1.54, 1.807) is 4.90 Å². The summed E-state index contributed by atoms with van der Waals surface area (Å²) in [6, 6.07) is 0.239. The molecule has 0 aromatic carbocycles.